The number of hydrogen-bond acceptors (Lipinski definition) is 18. The van der Waals surface area contributed by atoms with Gasteiger partial charge in [-0.15, -0.1) is 12.4 Å². The largest absolute Gasteiger partial charge is 0.508 e. The molecular formula is C77H81Br2Cl2I5N4O19. The molecule has 14 N–H and O–H groups in total. The fourth-order valence-electron chi connectivity index (χ4n) is 12.9. The molecule has 0 radical (unpaired) electrons. The van der Waals surface area contributed by atoms with E-state index in [9.17, 15) is 30.3 Å². The van der Waals surface area contributed by atoms with Crippen molar-refractivity contribution in [3.63, 3.8) is 0 Å². The van der Waals surface area contributed by atoms with Gasteiger partial charge in [-0.3, -0.25) is 4.79 Å². The zero-order valence-corrected chi connectivity index (χ0v) is 74.6. The van der Waals surface area contributed by atoms with Crippen LogP contribution in [0, 0.1) is 17.9 Å². The van der Waals surface area contributed by atoms with Crippen molar-refractivity contribution in [3.05, 3.63) is 208 Å². The van der Waals surface area contributed by atoms with Crippen LogP contribution in [0.2, 0.25) is 5.02 Å². The summed E-state index contributed by atoms with van der Waals surface area (Å²) in [4.78, 5) is 47.0. The molecule has 0 fully saturated rings. The molecule has 0 aromatic heterocycles. The Bertz CT molecular complexity index is 4450. The summed E-state index contributed by atoms with van der Waals surface area (Å²) in [6, 6.07) is 36.4. The van der Waals surface area contributed by atoms with Crippen molar-refractivity contribution >= 4 is 204 Å². The third-order valence-electron chi connectivity index (χ3n) is 17.8. The molecule has 109 heavy (non-hydrogen) atoms. The van der Waals surface area contributed by atoms with E-state index < -0.39 is 29.8 Å². The van der Waals surface area contributed by atoms with Crippen LogP contribution in [0.15, 0.2) is 118 Å². The van der Waals surface area contributed by atoms with E-state index in [4.69, 9.17) is 75.3 Å². The fourth-order valence-corrected chi connectivity index (χ4v) is 20.1. The molecule has 8 aromatic rings. The predicted molar refractivity (Wildman–Crippen MR) is 467 cm³/mol. The van der Waals surface area contributed by atoms with Crippen molar-refractivity contribution in [2.45, 2.75) is 101 Å². The summed E-state index contributed by atoms with van der Waals surface area (Å²) < 4.78 is 28.9. The zero-order chi connectivity index (χ0) is 79.2. The third kappa shape index (κ3) is 26.9. The molecule has 586 valence electrons. The van der Waals surface area contributed by atoms with Crippen LogP contribution < -0.4 is 40.2 Å². The average Bonchev–Trinajstić information content (AvgIpc) is 0.805. The van der Waals surface area contributed by atoms with Crippen molar-refractivity contribution in [2.24, 2.45) is 0 Å². The van der Waals surface area contributed by atoms with Gasteiger partial charge in [-0.25, -0.2) is 19.2 Å². The Balaban J connectivity index is 0.000000215. The van der Waals surface area contributed by atoms with E-state index >= 15 is 0 Å². The van der Waals surface area contributed by atoms with Crippen LogP contribution in [-0.4, -0.2) is 136 Å². The summed E-state index contributed by atoms with van der Waals surface area (Å²) in [6.45, 7) is 3.42. The number of hydrogen-bond donors (Lipinski definition) is 14. The number of carbonyl (C=O) groups is 5. The highest BCUT2D eigenvalue weighted by molar-refractivity contribution is 14.1. The van der Waals surface area contributed by atoms with E-state index in [1.807, 2.05) is 30.3 Å². The number of nitrogens with one attached hydrogen (secondary N) is 4. The maximum atomic E-state index is 10.6. The summed E-state index contributed by atoms with van der Waals surface area (Å²) in [7, 11) is 6.65. The lowest BCUT2D eigenvalue weighted by Gasteiger charge is -2.28. The minimum absolute atomic E-state index is 0. The Kier molecular flexibility index (Phi) is 37.6. The Morgan fingerprint density at radius 3 is 1.37 bits per heavy atom. The Morgan fingerprint density at radius 1 is 0.468 bits per heavy atom. The molecular weight excluding hydrogens is 2150 g/mol. The van der Waals surface area contributed by atoms with Gasteiger partial charge in [0.05, 0.1) is 56.7 Å². The molecule has 0 saturated carbocycles. The normalized spacial score (nSPS) is 15.4. The van der Waals surface area contributed by atoms with E-state index in [0.29, 0.717) is 35.4 Å². The number of phenols is 5. The lowest BCUT2D eigenvalue weighted by molar-refractivity contribution is -0.159. The van der Waals surface area contributed by atoms with Gasteiger partial charge in [0, 0.05) is 40.3 Å². The van der Waals surface area contributed by atoms with Crippen molar-refractivity contribution < 1.29 is 94.0 Å². The van der Waals surface area contributed by atoms with E-state index in [-0.39, 0.29) is 60.0 Å². The summed E-state index contributed by atoms with van der Waals surface area (Å²) >= 11 is 24.7. The van der Waals surface area contributed by atoms with Crippen molar-refractivity contribution in [1.82, 2.24) is 16.0 Å². The van der Waals surface area contributed by atoms with Gasteiger partial charge in [0.2, 0.25) is 0 Å². The van der Waals surface area contributed by atoms with Gasteiger partial charge in [-0.2, -0.15) is 0 Å². The van der Waals surface area contributed by atoms with Crippen LogP contribution in [0.1, 0.15) is 116 Å². The molecule has 12 rings (SSSR count). The van der Waals surface area contributed by atoms with Crippen LogP contribution in [0.25, 0.3) is 0 Å². The molecule has 23 nitrogen and oxygen atoms in total. The van der Waals surface area contributed by atoms with E-state index in [2.05, 4.69) is 221 Å². The summed E-state index contributed by atoms with van der Waals surface area (Å²) in [6.07, 6.45) is 10.2. The fraction of sp³-hybridized carbons (Fsp3) is 0.312. The van der Waals surface area contributed by atoms with Gasteiger partial charge in [0.1, 0.15) is 28.7 Å². The minimum Gasteiger partial charge on any atom is -0.508 e. The van der Waals surface area contributed by atoms with Crippen LogP contribution >= 0.6 is 169 Å². The number of rotatable bonds is 17. The maximum absolute atomic E-state index is 10.6. The second-order valence-electron chi connectivity index (χ2n) is 25.1. The molecule has 0 bridgehead atoms. The van der Waals surface area contributed by atoms with E-state index in [1.165, 1.54) is 44.5 Å². The molecule has 3 aliphatic heterocycles. The highest BCUT2D eigenvalue weighted by atomic mass is 127. The number of anilines is 1. The van der Waals surface area contributed by atoms with Gasteiger partial charge in [-0.05, 0) is 405 Å². The first-order valence-electron chi connectivity index (χ1n) is 33.5. The SMILES string of the molecule is COc1c(Br)cc(C[C@H]2NCCc3cc(O)ccc32)cc1Br.COc1c(I)cc(C[C@H]2NCCc3cc(Cl)c(O)cc32)cc1I.COc1cc2c(cc1O)[C@H](Cc1cc(I)c(OC)c(I)c1)NCC2.Cl.O=C(O)C(=O)O.O=C(O)C(=O)O.O=C(O)CCCNc1ccc(C[C@@H]2CCCc3cc(O)c(O)cc32)cc1I. The molecule has 0 saturated heterocycles. The second-order valence-corrected chi connectivity index (χ2v) is 33.0. The van der Waals surface area contributed by atoms with E-state index in [1.54, 1.807) is 52.7 Å². The quantitative estimate of drug-likeness (QED) is 0.0174. The number of fused-ring (bicyclic) bond motifs is 4. The summed E-state index contributed by atoms with van der Waals surface area (Å²) in [5.74, 6) is -3.91. The molecule has 4 aliphatic rings. The van der Waals surface area contributed by atoms with Gasteiger partial charge >= 0.3 is 29.8 Å². The van der Waals surface area contributed by atoms with Crippen molar-refractivity contribution in [2.75, 3.05) is 59.9 Å². The number of carboxylic acid groups (broad SMARTS) is 5. The number of aryl methyl sites for hydroxylation is 1. The first-order valence-corrected chi connectivity index (χ1v) is 40.9. The molecule has 0 spiro atoms. The Morgan fingerprint density at radius 2 is 0.899 bits per heavy atom. The van der Waals surface area contributed by atoms with Crippen molar-refractivity contribution in [1.29, 1.82) is 0 Å². The highest BCUT2D eigenvalue weighted by Crippen LogP contribution is 2.43. The molecule has 3 heterocycles. The lowest BCUT2D eigenvalue weighted by Crippen LogP contribution is -2.31. The number of aromatic hydroxyl groups is 5. The van der Waals surface area contributed by atoms with Crippen LogP contribution in [0.4, 0.5) is 5.69 Å². The number of ether oxygens (including phenoxy) is 4. The number of methoxy groups -OCH3 is 4. The van der Waals surface area contributed by atoms with Gasteiger partial charge in [-0.1, -0.05) is 23.7 Å². The summed E-state index contributed by atoms with van der Waals surface area (Å²) in [5.41, 5.74) is 15.5. The van der Waals surface area contributed by atoms with Crippen LogP contribution in [-0.2, 0) is 75.3 Å². The smallest absolute Gasteiger partial charge is 0.414 e. The Hall–Kier alpha value is -5.82. The first-order chi connectivity index (χ1) is 51.3. The number of phenolic OH excluding ortho intramolecular Hbond substituents is 5. The van der Waals surface area contributed by atoms with Gasteiger partial charge in [0.15, 0.2) is 23.0 Å². The molecule has 32 heteroatoms. The van der Waals surface area contributed by atoms with Crippen molar-refractivity contribution in [3.8, 4) is 51.7 Å². The molecule has 1 aliphatic carbocycles. The first kappa shape index (κ1) is 92.1. The Labute approximate surface area is 726 Å². The zero-order valence-electron chi connectivity index (χ0n) is 59.1. The highest BCUT2D eigenvalue weighted by Gasteiger charge is 2.28. The molecule has 0 unspecified atom stereocenters. The number of aliphatic carboxylic acids is 5. The van der Waals surface area contributed by atoms with E-state index in [0.717, 1.165) is 156 Å². The number of benzene rings is 8. The number of halogens is 9. The summed E-state index contributed by atoms with van der Waals surface area (Å²) in [5, 5.41) is 102. The molecule has 4 atom stereocenters. The topological polar surface area (TPSA) is 373 Å². The van der Waals surface area contributed by atoms with Crippen LogP contribution in [0.5, 0.6) is 51.7 Å². The van der Waals surface area contributed by atoms with Gasteiger partial charge < -0.3 is 91.3 Å². The van der Waals surface area contributed by atoms with Crippen LogP contribution in [0.3, 0.4) is 0 Å². The lowest BCUT2D eigenvalue weighted by atomic mass is 9.79. The predicted octanol–water partition coefficient (Wildman–Crippen LogP) is 16.5. The minimum atomic E-state index is -1.82. The number of carboxylic acids is 5. The standard InChI is InChI=1S/C21H24INO4.C18H19I2NO3.C17H17Br2NO2.C17H16ClI2NO2.2C2H2O4.ClH/c22-17-10-13(6-7-18(17)23-8-2-5-21(26)27)9-14-3-1-4-15-11-19(24)20(25)12-16(14)15;1-23-17-8-11-3-4-21-15(12(11)9-16(17)22)7-10-5-13(19)18(24-2)14(20)6-10;1-22-17-14(18)6-10(7-15(17)19)8-16-13-3-2-12(21)9-11(13)4-5-20-16;1-23-17-13(19)4-9(5-14(17)20)6-15-11-8-16(22)12(18)7-10(11)2-3-21-15;2*3-1(4)2(5)6;/h6-7,10-12,14,23-25H,1-5,8-9H2,(H,26,27);5-6,8-9,15,21-22H,3-4,7H2,1-2H3;2-3,6-7,9,16,20-21H,4-5,8H2,1H3;4-5,7-8,15,21-22H,2-3,6H2,1H3;2*(H,3,4)(H,5,6);1H/t14-;15-;16-;15-;;;/m0011.../s1. The monoisotopic (exact) mass is 2230 g/mol. The maximum Gasteiger partial charge on any atom is 0.414 e. The third-order valence-corrected chi connectivity index (χ3v) is 23.4. The van der Waals surface area contributed by atoms with Gasteiger partial charge in [0.25, 0.3) is 0 Å². The second kappa shape index (κ2) is 44.6. The average molecular weight is 2230 g/mol. The molecule has 0 amide bonds. The molecule has 8 aromatic carbocycles.